The number of benzene rings is 9. The Morgan fingerprint density at radius 1 is 0.257 bits per heavy atom. The summed E-state index contributed by atoms with van der Waals surface area (Å²) in [5.74, 6) is -0.320. The number of rotatable bonds is 11. The van der Waals surface area contributed by atoms with Gasteiger partial charge in [-0.3, -0.25) is 0 Å². The van der Waals surface area contributed by atoms with Crippen LogP contribution in [0.1, 0.15) is 0 Å². The van der Waals surface area contributed by atoms with Crippen molar-refractivity contribution in [3.63, 3.8) is 0 Å². The zero-order valence-electron chi connectivity index (χ0n) is 39.9. The molecule has 0 radical (unpaired) electrons. The third-order valence-corrected chi connectivity index (χ3v) is 13.3. The Morgan fingerprint density at radius 2 is 0.662 bits per heavy atom. The van der Waals surface area contributed by atoms with E-state index in [-0.39, 0.29) is 25.9 Å². The van der Waals surface area contributed by atoms with Gasteiger partial charge in [-0.05, 0) is 121 Å². The molecule has 3 aromatic heterocycles. The normalized spacial score (nSPS) is 10.9. The van der Waals surface area contributed by atoms with E-state index >= 15 is 4.39 Å². The van der Waals surface area contributed by atoms with E-state index < -0.39 is 0 Å². The molecule has 350 valence electrons. The van der Waals surface area contributed by atoms with Crippen molar-refractivity contribution >= 4 is 0 Å². The summed E-state index contributed by atoms with van der Waals surface area (Å²) in [5, 5.41) is 0. The third kappa shape index (κ3) is 9.83. The van der Waals surface area contributed by atoms with E-state index in [4.69, 9.17) is 4.98 Å². The Labute approximate surface area is 444 Å². The molecule has 3 heterocycles. The third-order valence-electron chi connectivity index (χ3n) is 13.3. The monoisotopic (exact) mass is 1130 g/mol. The molecule has 0 aliphatic heterocycles. The second kappa shape index (κ2) is 21.4. The van der Waals surface area contributed by atoms with Crippen molar-refractivity contribution in [2.24, 2.45) is 0 Å². The van der Waals surface area contributed by atoms with Gasteiger partial charge in [0, 0.05) is 18.6 Å². The minimum Gasteiger partial charge on any atom is -0.305 e. The van der Waals surface area contributed by atoms with Gasteiger partial charge in [-0.25, -0.2) is 4.39 Å². The minimum absolute atomic E-state index is 0. The first-order valence-electron chi connectivity index (χ1n) is 24.2. The Morgan fingerprint density at radius 3 is 1.19 bits per heavy atom. The van der Waals surface area contributed by atoms with E-state index in [1.165, 1.54) is 0 Å². The first-order chi connectivity index (χ1) is 36.1. The Bertz CT molecular complexity index is 3870. The van der Waals surface area contributed by atoms with E-state index in [2.05, 4.69) is 168 Å². The second-order valence-corrected chi connectivity index (χ2v) is 17.8. The fraction of sp³-hybridized carbons (Fsp3) is 0. The zero-order valence-corrected chi connectivity index (χ0v) is 42.3. The van der Waals surface area contributed by atoms with Crippen LogP contribution in [0.3, 0.4) is 0 Å². The molecule has 3 nitrogen and oxygen atoms in total. The van der Waals surface area contributed by atoms with Gasteiger partial charge in [0.05, 0.1) is 0 Å². The molecule has 0 spiro atoms. The Hall–Kier alpha value is -8.99. The van der Waals surface area contributed by atoms with Crippen LogP contribution in [-0.4, -0.2) is 15.0 Å². The first kappa shape index (κ1) is 47.3. The van der Waals surface area contributed by atoms with Gasteiger partial charge in [-0.15, -0.1) is 83.4 Å². The van der Waals surface area contributed by atoms with Crippen molar-refractivity contribution in [1.82, 2.24) is 15.0 Å². The average Bonchev–Trinajstić information content (AvgIpc) is 3.48. The summed E-state index contributed by atoms with van der Waals surface area (Å²) >= 11 is 0. The molecule has 0 fully saturated rings. The van der Waals surface area contributed by atoms with Gasteiger partial charge in [0.15, 0.2) is 0 Å². The summed E-state index contributed by atoms with van der Waals surface area (Å²) in [6.07, 6.45) is 5.40. The zero-order chi connectivity index (χ0) is 48.9. The van der Waals surface area contributed by atoms with Crippen LogP contribution in [0.4, 0.5) is 4.39 Å². The van der Waals surface area contributed by atoms with Crippen LogP contribution in [-0.2, 0) is 20.1 Å². The van der Waals surface area contributed by atoms with Crippen molar-refractivity contribution < 1.29 is 24.5 Å². The molecule has 0 aliphatic rings. The van der Waals surface area contributed by atoms with Crippen molar-refractivity contribution in [3.8, 4) is 123 Å². The molecular formula is C69H43FIrN3. The maximum Gasteiger partial charge on any atom is 3.00 e. The number of pyridine rings is 3. The van der Waals surface area contributed by atoms with Crippen LogP contribution in [0.15, 0.2) is 261 Å². The fourth-order valence-electron chi connectivity index (χ4n) is 9.70. The molecule has 0 unspecified atom stereocenters. The van der Waals surface area contributed by atoms with Gasteiger partial charge in [0.25, 0.3) is 0 Å². The summed E-state index contributed by atoms with van der Waals surface area (Å²) in [7, 11) is 0. The van der Waals surface area contributed by atoms with Crippen molar-refractivity contribution in [2.45, 2.75) is 0 Å². The quantitative estimate of drug-likeness (QED) is 0.121. The van der Waals surface area contributed by atoms with Gasteiger partial charge in [0.1, 0.15) is 5.82 Å². The fourth-order valence-corrected chi connectivity index (χ4v) is 9.70. The van der Waals surface area contributed by atoms with E-state index in [0.29, 0.717) is 0 Å². The summed E-state index contributed by atoms with van der Waals surface area (Å²) in [6.45, 7) is 0. The van der Waals surface area contributed by atoms with Crippen molar-refractivity contribution in [1.29, 1.82) is 0 Å². The SMILES string of the molecule is Fc1ccc(-c2cc(-c3ccccc3-c3c[c-]c(-c4ccccn4)cc3)cc(-c3ccccc3-c3c[c-]c(-c4ccccn4)cc3-c3ccc(-c4ccccc4)cc3)c2)c(-c2c[c-]c(-c3ccccn3)cc2)c1.[Ir+3]. The maximum atomic E-state index is 15.6. The number of nitrogens with zero attached hydrogens (tertiary/aromatic N) is 3. The molecule has 5 heteroatoms. The van der Waals surface area contributed by atoms with E-state index in [9.17, 15) is 0 Å². The van der Waals surface area contributed by atoms with Crippen LogP contribution in [0.2, 0.25) is 0 Å². The molecule has 0 aliphatic carbocycles. The molecule has 0 N–H and O–H groups in total. The predicted octanol–water partition coefficient (Wildman–Crippen LogP) is 17.7. The van der Waals surface area contributed by atoms with Gasteiger partial charge < -0.3 is 15.0 Å². The summed E-state index contributed by atoms with van der Waals surface area (Å²) in [5.41, 5.74) is 21.4. The number of aromatic nitrogens is 3. The van der Waals surface area contributed by atoms with Crippen LogP contribution in [0.25, 0.3) is 123 Å². The van der Waals surface area contributed by atoms with Crippen LogP contribution in [0, 0.1) is 24.0 Å². The molecule has 0 saturated heterocycles. The number of hydrogen-bond acceptors (Lipinski definition) is 3. The molecular weight excluding hydrogens is 1080 g/mol. The van der Waals surface area contributed by atoms with E-state index in [0.717, 1.165) is 123 Å². The minimum atomic E-state index is -0.320. The Kier molecular flexibility index (Phi) is 13.7. The van der Waals surface area contributed by atoms with Crippen molar-refractivity contribution in [3.05, 3.63) is 285 Å². The molecule has 0 atom stereocenters. The molecule has 0 amide bonds. The van der Waals surface area contributed by atoms with Crippen molar-refractivity contribution in [2.75, 3.05) is 0 Å². The van der Waals surface area contributed by atoms with E-state index in [1.807, 2.05) is 97.2 Å². The predicted molar refractivity (Wildman–Crippen MR) is 296 cm³/mol. The van der Waals surface area contributed by atoms with Gasteiger partial charge in [-0.2, -0.15) is 0 Å². The number of halogens is 1. The average molecular weight is 1130 g/mol. The molecule has 0 saturated carbocycles. The largest absolute Gasteiger partial charge is 3.00 e. The van der Waals surface area contributed by atoms with Crippen LogP contribution >= 0.6 is 0 Å². The molecule has 9 aromatic carbocycles. The van der Waals surface area contributed by atoms with Crippen LogP contribution < -0.4 is 0 Å². The molecule has 12 rings (SSSR count). The van der Waals surface area contributed by atoms with Crippen LogP contribution in [0.5, 0.6) is 0 Å². The summed E-state index contributed by atoms with van der Waals surface area (Å²) in [4.78, 5) is 13.8. The smallest absolute Gasteiger partial charge is 0.305 e. The second-order valence-electron chi connectivity index (χ2n) is 17.8. The molecule has 12 aromatic rings. The Balaban J connectivity index is 0.00000588. The molecule has 74 heavy (non-hydrogen) atoms. The van der Waals surface area contributed by atoms with Gasteiger partial charge in [-0.1, -0.05) is 179 Å². The standard InChI is InChI=1S/C69H43FN3.Ir/c70-58-36-38-62(66(46-58)51-29-33-53(34-30-51)68-21-9-12-40-72-68)57-43-55(60-17-5-4-16-59(60)49-27-31-52(32-28-49)67-20-8-11-39-71-67)42-56(44-57)61-18-6-7-19-63(61)64-37-35-54(69-22-10-13-41-73-69)45-65(64)50-25-23-48(24-26-50)47-14-2-1-3-15-47;/h1-31,33,36-46H;/q-3;+3. The first-order valence-corrected chi connectivity index (χ1v) is 24.2. The number of hydrogen-bond donors (Lipinski definition) is 0. The van der Waals surface area contributed by atoms with Gasteiger partial charge >= 0.3 is 20.1 Å². The van der Waals surface area contributed by atoms with Gasteiger partial charge in [0.2, 0.25) is 0 Å². The maximum absolute atomic E-state index is 15.6. The van der Waals surface area contributed by atoms with E-state index in [1.54, 1.807) is 24.5 Å². The topological polar surface area (TPSA) is 38.7 Å². The summed E-state index contributed by atoms with van der Waals surface area (Å²) < 4.78 is 15.6. The molecule has 0 bridgehead atoms. The summed E-state index contributed by atoms with van der Waals surface area (Å²) in [6, 6.07) is 93.0.